The molecule has 0 spiro atoms. The van der Waals surface area contributed by atoms with Gasteiger partial charge in [-0.2, -0.15) is 0 Å². The fourth-order valence-electron chi connectivity index (χ4n) is 5.21. The quantitative estimate of drug-likeness (QED) is 0.155. The summed E-state index contributed by atoms with van der Waals surface area (Å²) in [5.41, 5.74) is 4.14. The first-order chi connectivity index (χ1) is 20.0. The summed E-state index contributed by atoms with van der Waals surface area (Å²) >= 11 is 0. The normalized spacial score (nSPS) is 12.7. The first-order valence-corrected chi connectivity index (χ1v) is 13.8. The number of aliphatic carboxylic acids is 1. The van der Waals surface area contributed by atoms with Gasteiger partial charge in [-0.15, -0.1) is 0 Å². The number of carboxylic acid groups (broad SMARTS) is 1. The molecule has 220 valence electrons. The van der Waals surface area contributed by atoms with Crippen LogP contribution in [0.4, 0.5) is 14.5 Å². The van der Waals surface area contributed by atoms with Gasteiger partial charge in [0.1, 0.15) is 11.6 Å². The highest BCUT2D eigenvalue weighted by Crippen LogP contribution is 2.42. The Balaban J connectivity index is 1.89. The topological polar surface area (TPSA) is 112 Å². The lowest BCUT2D eigenvalue weighted by Crippen LogP contribution is -2.22. The molecule has 1 amide bonds. The highest BCUT2D eigenvalue weighted by Gasteiger charge is 2.31. The van der Waals surface area contributed by atoms with Crippen molar-refractivity contribution >= 4 is 17.6 Å². The van der Waals surface area contributed by atoms with Crippen LogP contribution in [0.1, 0.15) is 55.1 Å². The van der Waals surface area contributed by atoms with Crippen LogP contribution in [0.3, 0.4) is 0 Å². The van der Waals surface area contributed by atoms with E-state index in [2.05, 4.69) is 5.32 Å². The maximum atomic E-state index is 14.0. The molecule has 4 aromatic rings. The van der Waals surface area contributed by atoms with E-state index in [0.717, 1.165) is 5.56 Å². The molecule has 4 N–H and O–H groups in total. The zero-order valence-corrected chi connectivity index (χ0v) is 23.4. The van der Waals surface area contributed by atoms with E-state index in [1.807, 2.05) is 48.7 Å². The van der Waals surface area contributed by atoms with Gasteiger partial charge in [-0.25, -0.2) is 8.78 Å². The number of hydrogen-bond donors (Lipinski definition) is 4. The van der Waals surface area contributed by atoms with E-state index < -0.39 is 42.1 Å². The molecule has 0 aliphatic carbocycles. The summed E-state index contributed by atoms with van der Waals surface area (Å²) in [6.07, 6.45) is -2.67. The number of rotatable bonds is 12. The second-order valence-electron chi connectivity index (χ2n) is 10.6. The molecule has 7 nitrogen and oxygen atoms in total. The number of carbonyl (C=O) groups excluding carboxylic acids is 1. The Bertz CT molecular complexity index is 1520. The molecule has 3 aromatic carbocycles. The molecule has 0 aliphatic rings. The van der Waals surface area contributed by atoms with Crippen molar-refractivity contribution in [2.45, 2.75) is 57.8 Å². The van der Waals surface area contributed by atoms with Crippen LogP contribution in [0, 0.1) is 11.6 Å². The first-order valence-electron chi connectivity index (χ1n) is 13.8. The van der Waals surface area contributed by atoms with E-state index in [4.69, 9.17) is 5.11 Å². The molecule has 2 unspecified atom stereocenters. The highest BCUT2D eigenvalue weighted by atomic mass is 19.1. The van der Waals surface area contributed by atoms with Crippen molar-refractivity contribution in [3.05, 3.63) is 102 Å². The summed E-state index contributed by atoms with van der Waals surface area (Å²) in [5, 5.41) is 32.6. The second kappa shape index (κ2) is 13.5. The number of halogens is 2. The van der Waals surface area contributed by atoms with Gasteiger partial charge in [-0.05, 0) is 78.4 Å². The van der Waals surface area contributed by atoms with Crippen molar-refractivity contribution in [2.75, 3.05) is 5.32 Å². The smallest absolute Gasteiger partial charge is 0.305 e. The fourth-order valence-corrected chi connectivity index (χ4v) is 5.21. The van der Waals surface area contributed by atoms with Crippen LogP contribution in [0.15, 0.2) is 78.9 Å². The van der Waals surface area contributed by atoms with Crippen molar-refractivity contribution < 1.29 is 33.7 Å². The van der Waals surface area contributed by atoms with E-state index in [0.29, 0.717) is 33.8 Å². The molecule has 0 aliphatic heterocycles. The van der Waals surface area contributed by atoms with Crippen molar-refractivity contribution in [3.8, 4) is 22.4 Å². The predicted molar refractivity (Wildman–Crippen MR) is 157 cm³/mol. The first kappa shape index (κ1) is 30.6. The number of aromatic nitrogens is 1. The molecule has 1 aromatic heterocycles. The molecule has 4 rings (SSSR count). The Morgan fingerprint density at radius 3 is 2.00 bits per heavy atom. The summed E-state index contributed by atoms with van der Waals surface area (Å²) in [7, 11) is 0. The number of carboxylic acids is 1. The summed E-state index contributed by atoms with van der Waals surface area (Å²) < 4.78 is 29.5. The number of aliphatic hydroxyl groups is 2. The molecule has 2 atom stereocenters. The summed E-state index contributed by atoms with van der Waals surface area (Å²) in [4.78, 5) is 25.0. The number of hydrogen-bond acceptors (Lipinski definition) is 4. The molecule has 1 heterocycles. The minimum Gasteiger partial charge on any atom is -0.481 e. The third kappa shape index (κ3) is 7.29. The Morgan fingerprint density at radius 2 is 1.43 bits per heavy atom. The SMILES string of the molecule is CC(C)c1c(C(=O)Nc2ccc(F)cc2)c(-c2ccccc2)c(-c2ccc(F)cc2)n1CCC(O)CC(O)CC(=O)O. The number of amides is 1. The van der Waals surface area contributed by atoms with E-state index in [9.17, 15) is 28.6 Å². The molecule has 0 saturated heterocycles. The highest BCUT2D eigenvalue weighted by molar-refractivity contribution is 6.12. The number of benzene rings is 3. The van der Waals surface area contributed by atoms with Crippen LogP contribution in [-0.2, 0) is 11.3 Å². The van der Waals surface area contributed by atoms with Gasteiger partial charge < -0.3 is 25.2 Å². The summed E-state index contributed by atoms with van der Waals surface area (Å²) in [5.74, 6) is -2.60. The number of anilines is 1. The van der Waals surface area contributed by atoms with Gasteiger partial charge in [0.2, 0.25) is 0 Å². The van der Waals surface area contributed by atoms with E-state index in [1.165, 1.54) is 36.4 Å². The maximum absolute atomic E-state index is 14.0. The minimum atomic E-state index is -1.21. The zero-order chi connectivity index (χ0) is 30.4. The van der Waals surface area contributed by atoms with Crippen LogP contribution in [-0.4, -0.2) is 44.0 Å². The van der Waals surface area contributed by atoms with E-state index in [-0.39, 0.29) is 25.3 Å². The molecular weight excluding hydrogens is 542 g/mol. The van der Waals surface area contributed by atoms with Gasteiger partial charge in [-0.1, -0.05) is 44.2 Å². The number of nitrogens with zero attached hydrogens (tertiary/aromatic N) is 1. The predicted octanol–water partition coefficient (Wildman–Crippen LogP) is 6.45. The lowest BCUT2D eigenvalue weighted by molar-refractivity contribution is -0.139. The van der Waals surface area contributed by atoms with Gasteiger partial charge in [-0.3, -0.25) is 9.59 Å². The number of nitrogens with one attached hydrogen (secondary N) is 1. The third-order valence-corrected chi connectivity index (χ3v) is 7.00. The number of aliphatic hydroxyl groups excluding tert-OH is 2. The fraction of sp³-hybridized carbons (Fsp3) is 0.273. The third-order valence-electron chi connectivity index (χ3n) is 7.00. The van der Waals surface area contributed by atoms with Gasteiger partial charge in [0.25, 0.3) is 5.91 Å². The monoisotopic (exact) mass is 576 g/mol. The van der Waals surface area contributed by atoms with E-state index in [1.54, 1.807) is 12.1 Å². The van der Waals surface area contributed by atoms with Gasteiger partial charge in [0.05, 0.1) is 29.9 Å². The Kier molecular flexibility index (Phi) is 9.88. The van der Waals surface area contributed by atoms with Gasteiger partial charge in [0, 0.05) is 23.5 Å². The standard InChI is InChI=1S/C33H34F2N2O5/c1-20(2)31-30(33(42)36-25-14-12-24(35)13-15-25)29(21-6-4-3-5-7-21)32(22-8-10-23(34)11-9-22)37(31)17-16-26(38)18-27(39)19-28(40)41/h3-15,20,26-27,38-39H,16-19H2,1-2H3,(H,36,42)(H,40,41). The molecular formula is C33H34F2N2O5. The molecule has 0 fully saturated rings. The zero-order valence-electron chi connectivity index (χ0n) is 23.4. The Hall–Kier alpha value is -4.34. The summed E-state index contributed by atoms with van der Waals surface area (Å²) in [6.45, 7) is 4.11. The molecule has 42 heavy (non-hydrogen) atoms. The van der Waals surface area contributed by atoms with E-state index >= 15 is 0 Å². The lowest BCUT2D eigenvalue weighted by Gasteiger charge is -2.20. The van der Waals surface area contributed by atoms with Crippen molar-refractivity contribution in [2.24, 2.45) is 0 Å². The van der Waals surface area contributed by atoms with Crippen molar-refractivity contribution in [3.63, 3.8) is 0 Å². The van der Waals surface area contributed by atoms with Gasteiger partial charge in [0.15, 0.2) is 0 Å². The largest absolute Gasteiger partial charge is 0.481 e. The van der Waals surface area contributed by atoms with Crippen LogP contribution in [0.25, 0.3) is 22.4 Å². The van der Waals surface area contributed by atoms with Crippen LogP contribution >= 0.6 is 0 Å². The average molecular weight is 577 g/mol. The van der Waals surface area contributed by atoms with Crippen LogP contribution < -0.4 is 5.32 Å². The average Bonchev–Trinajstić information content (AvgIpc) is 3.29. The van der Waals surface area contributed by atoms with Gasteiger partial charge >= 0.3 is 5.97 Å². The minimum absolute atomic E-state index is 0.125. The van der Waals surface area contributed by atoms with Crippen LogP contribution in [0.5, 0.6) is 0 Å². The molecule has 0 bridgehead atoms. The second-order valence-corrected chi connectivity index (χ2v) is 10.6. The van der Waals surface area contributed by atoms with Crippen molar-refractivity contribution in [1.29, 1.82) is 0 Å². The Morgan fingerprint density at radius 1 is 0.833 bits per heavy atom. The van der Waals surface area contributed by atoms with Crippen molar-refractivity contribution in [1.82, 2.24) is 4.57 Å². The van der Waals surface area contributed by atoms with Crippen LogP contribution in [0.2, 0.25) is 0 Å². The lowest BCUT2D eigenvalue weighted by atomic mass is 9.94. The molecule has 9 heteroatoms. The summed E-state index contributed by atoms with van der Waals surface area (Å²) in [6, 6.07) is 20.7. The maximum Gasteiger partial charge on any atom is 0.305 e. The number of carbonyl (C=O) groups is 2. The molecule has 0 radical (unpaired) electrons. The molecule has 0 saturated carbocycles. The Labute approximate surface area is 243 Å².